The number of carbonyl (C=O) groups excluding carboxylic acids is 1. The SMILES string of the molecule is O=C(NCc1ccncc1)c1ccc(N2CCCCCC2)c([N+](=O)[O-])c1. The molecule has 1 amide bonds. The van der Waals surface area contributed by atoms with Gasteiger partial charge < -0.3 is 10.2 Å². The number of nitrogens with zero attached hydrogens (tertiary/aromatic N) is 3. The Kier molecular flexibility index (Phi) is 5.78. The highest BCUT2D eigenvalue weighted by molar-refractivity contribution is 5.95. The fourth-order valence-electron chi connectivity index (χ4n) is 3.17. The molecule has 0 aliphatic carbocycles. The second kappa shape index (κ2) is 8.42. The third kappa shape index (κ3) is 4.36. The molecule has 3 rings (SSSR count). The lowest BCUT2D eigenvalue weighted by Crippen LogP contribution is -2.26. The molecule has 0 atom stereocenters. The molecule has 26 heavy (non-hydrogen) atoms. The number of amides is 1. The normalized spacial score (nSPS) is 14.5. The van der Waals surface area contributed by atoms with E-state index in [0.717, 1.165) is 44.3 Å². The molecule has 2 aromatic rings. The Morgan fingerprint density at radius 2 is 1.81 bits per heavy atom. The van der Waals surface area contributed by atoms with Gasteiger partial charge in [0.2, 0.25) is 0 Å². The molecule has 0 spiro atoms. The van der Waals surface area contributed by atoms with E-state index >= 15 is 0 Å². The van der Waals surface area contributed by atoms with Gasteiger partial charge >= 0.3 is 0 Å². The van der Waals surface area contributed by atoms with Crippen LogP contribution in [-0.2, 0) is 6.54 Å². The molecule has 1 aliphatic rings. The van der Waals surface area contributed by atoms with Gasteiger partial charge in [0.25, 0.3) is 11.6 Å². The second-order valence-corrected chi connectivity index (χ2v) is 6.40. The van der Waals surface area contributed by atoms with E-state index in [1.54, 1.807) is 24.5 Å². The van der Waals surface area contributed by atoms with Crippen molar-refractivity contribution in [3.8, 4) is 0 Å². The van der Waals surface area contributed by atoms with Crippen LogP contribution in [-0.4, -0.2) is 28.9 Å². The highest BCUT2D eigenvalue weighted by Crippen LogP contribution is 2.31. The third-order valence-electron chi connectivity index (χ3n) is 4.58. The van der Waals surface area contributed by atoms with Crippen LogP contribution < -0.4 is 10.2 Å². The van der Waals surface area contributed by atoms with Gasteiger partial charge in [0.1, 0.15) is 5.69 Å². The van der Waals surface area contributed by atoms with E-state index in [2.05, 4.69) is 15.2 Å². The Labute approximate surface area is 152 Å². The van der Waals surface area contributed by atoms with Crippen LogP contribution in [0.5, 0.6) is 0 Å². The zero-order valence-electron chi connectivity index (χ0n) is 14.6. The molecule has 0 bridgehead atoms. The number of hydrogen-bond acceptors (Lipinski definition) is 5. The van der Waals surface area contributed by atoms with E-state index in [-0.39, 0.29) is 11.6 Å². The fraction of sp³-hybridized carbons (Fsp3) is 0.368. The van der Waals surface area contributed by atoms with Crippen molar-refractivity contribution >= 4 is 17.3 Å². The standard InChI is InChI=1S/C19H22N4O3/c24-19(21-14-15-7-9-20-10-8-15)16-5-6-17(18(13-16)23(25)26)22-11-3-1-2-4-12-22/h5-10,13H,1-4,11-12,14H2,(H,21,24). The first-order valence-electron chi connectivity index (χ1n) is 8.85. The summed E-state index contributed by atoms with van der Waals surface area (Å²) in [6.45, 7) is 1.98. The molecule has 2 heterocycles. The molecule has 1 aliphatic heterocycles. The number of aromatic nitrogens is 1. The zero-order valence-corrected chi connectivity index (χ0v) is 14.6. The summed E-state index contributed by atoms with van der Waals surface area (Å²) < 4.78 is 0. The number of hydrogen-bond donors (Lipinski definition) is 1. The minimum atomic E-state index is -0.403. The summed E-state index contributed by atoms with van der Waals surface area (Å²) in [7, 11) is 0. The largest absolute Gasteiger partial charge is 0.366 e. The highest BCUT2D eigenvalue weighted by atomic mass is 16.6. The maximum absolute atomic E-state index is 12.4. The fourth-order valence-corrected chi connectivity index (χ4v) is 3.17. The van der Waals surface area contributed by atoms with Gasteiger partial charge in [-0.15, -0.1) is 0 Å². The van der Waals surface area contributed by atoms with Crippen LogP contribution in [0.2, 0.25) is 0 Å². The van der Waals surface area contributed by atoms with Crippen molar-refractivity contribution in [1.82, 2.24) is 10.3 Å². The van der Waals surface area contributed by atoms with E-state index in [1.807, 2.05) is 12.1 Å². The quantitative estimate of drug-likeness (QED) is 0.657. The number of anilines is 1. The van der Waals surface area contributed by atoms with Crippen LogP contribution in [0.15, 0.2) is 42.7 Å². The maximum Gasteiger partial charge on any atom is 0.293 e. The molecule has 1 fully saturated rings. The van der Waals surface area contributed by atoms with Crippen molar-refractivity contribution in [3.05, 3.63) is 64.0 Å². The molecule has 7 heteroatoms. The lowest BCUT2D eigenvalue weighted by Gasteiger charge is -2.22. The molecule has 1 N–H and O–H groups in total. The smallest absolute Gasteiger partial charge is 0.293 e. The van der Waals surface area contributed by atoms with Crippen LogP contribution in [0.25, 0.3) is 0 Å². The number of pyridine rings is 1. The first-order valence-corrected chi connectivity index (χ1v) is 8.85. The third-order valence-corrected chi connectivity index (χ3v) is 4.58. The maximum atomic E-state index is 12.4. The van der Waals surface area contributed by atoms with Gasteiger partial charge in [0, 0.05) is 43.7 Å². The van der Waals surface area contributed by atoms with E-state index in [4.69, 9.17) is 0 Å². The van der Waals surface area contributed by atoms with Crippen LogP contribution in [0.4, 0.5) is 11.4 Å². The summed E-state index contributed by atoms with van der Waals surface area (Å²) in [5.74, 6) is -0.327. The van der Waals surface area contributed by atoms with Crippen molar-refractivity contribution in [1.29, 1.82) is 0 Å². The first-order chi connectivity index (χ1) is 12.6. The van der Waals surface area contributed by atoms with Gasteiger partial charge in [-0.05, 0) is 42.7 Å². The van der Waals surface area contributed by atoms with Crippen LogP contribution in [0, 0.1) is 10.1 Å². The average Bonchev–Trinajstić information content (AvgIpc) is 2.96. The van der Waals surface area contributed by atoms with Crippen molar-refractivity contribution in [2.75, 3.05) is 18.0 Å². The van der Waals surface area contributed by atoms with Gasteiger partial charge in [0.05, 0.1) is 4.92 Å². The number of nitro benzene ring substituents is 1. The number of nitrogens with one attached hydrogen (secondary N) is 1. The summed E-state index contributed by atoms with van der Waals surface area (Å²) in [5.41, 5.74) is 1.81. The van der Waals surface area contributed by atoms with Gasteiger partial charge in [0.15, 0.2) is 0 Å². The summed E-state index contributed by atoms with van der Waals surface area (Å²) in [4.78, 5) is 29.5. The van der Waals surface area contributed by atoms with Crippen molar-refractivity contribution in [3.63, 3.8) is 0 Å². The molecule has 0 saturated carbocycles. The van der Waals surface area contributed by atoms with Crippen LogP contribution in [0.1, 0.15) is 41.6 Å². The predicted molar refractivity (Wildman–Crippen MR) is 99.2 cm³/mol. The topological polar surface area (TPSA) is 88.4 Å². The molecule has 1 saturated heterocycles. The van der Waals surface area contributed by atoms with Crippen molar-refractivity contribution in [2.45, 2.75) is 32.2 Å². The first kappa shape index (κ1) is 17.8. The molecule has 0 unspecified atom stereocenters. The van der Waals surface area contributed by atoms with Gasteiger partial charge in [-0.2, -0.15) is 0 Å². The minimum absolute atomic E-state index is 0.0107. The Bertz CT molecular complexity index is 772. The Hall–Kier alpha value is -2.96. The molecule has 0 radical (unpaired) electrons. The van der Waals surface area contributed by atoms with E-state index in [0.29, 0.717) is 17.8 Å². The second-order valence-electron chi connectivity index (χ2n) is 6.40. The molecule has 136 valence electrons. The summed E-state index contributed by atoms with van der Waals surface area (Å²) in [6.07, 6.45) is 7.68. The molecular formula is C19H22N4O3. The van der Waals surface area contributed by atoms with Crippen molar-refractivity contribution < 1.29 is 9.72 Å². The number of carbonyl (C=O) groups is 1. The Morgan fingerprint density at radius 1 is 1.12 bits per heavy atom. The molecule has 1 aromatic carbocycles. The molecule has 1 aromatic heterocycles. The van der Waals surface area contributed by atoms with E-state index in [9.17, 15) is 14.9 Å². The van der Waals surface area contributed by atoms with Crippen LogP contribution in [0.3, 0.4) is 0 Å². The number of nitro groups is 1. The van der Waals surface area contributed by atoms with Crippen molar-refractivity contribution in [2.24, 2.45) is 0 Å². The van der Waals surface area contributed by atoms with E-state index in [1.165, 1.54) is 6.07 Å². The lowest BCUT2D eigenvalue weighted by atomic mass is 10.1. The Balaban J connectivity index is 1.77. The lowest BCUT2D eigenvalue weighted by molar-refractivity contribution is -0.384. The zero-order chi connectivity index (χ0) is 18.4. The van der Waals surface area contributed by atoms with Gasteiger partial charge in [-0.1, -0.05) is 12.8 Å². The molecular weight excluding hydrogens is 332 g/mol. The summed E-state index contributed by atoms with van der Waals surface area (Å²) in [6, 6.07) is 8.36. The average molecular weight is 354 g/mol. The number of rotatable bonds is 5. The van der Waals surface area contributed by atoms with Gasteiger partial charge in [-0.25, -0.2) is 0 Å². The summed E-state index contributed by atoms with van der Waals surface area (Å²) in [5, 5.41) is 14.3. The number of benzene rings is 1. The monoisotopic (exact) mass is 354 g/mol. The highest BCUT2D eigenvalue weighted by Gasteiger charge is 2.22. The van der Waals surface area contributed by atoms with E-state index < -0.39 is 4.92 Å². The Morgan fingerprint density at radius 3 is 2.46 bits per heavy atom. The molecule has 7 nitrogen and oxygen atoms in total. The van der Waals surface area contributed by atoms with Gasteiger partial charge in [-0.3, -0.25) is 19.9 Å². The summed E-state index contributed by atoms with van der Waals surface area (Å²) >= 11 is 0. The van der Waals surface area contributed by atoms with Crippen LogP contribution >= 0.6 is 0 Å². The predicted octanol–water partition coefficient (Wildman–Crippen LogP) is 3.30. The minimum Gasteiger partial charge on any atom is -0.366 e.